The third kappa shape index (κ3) is 59.2. The lowest BCUT2D eigenvalue weighted by molar-refractivity contribution is -0.143. The molecular formula is C59H101N5O22. The zero-order chi connectivity index (χ0) is 62.7. The Kier molecular flexibility index (Phi) is 62.0. The van der Waals surface area contributed by atoms with Crippen LogP contribution in [0.25, 0.3) is 0 Å². The highest BCUT2D eigenvalue weighted by Gasteiger charge is 2.24. The van der Waals surface area contributed by atoms with Crippen LogP contribution in [0.2, 0.25) is 0 Å². The van der Waals surface area contributed by atoms with Gasteiger partial charge in [-0.25, -0.2) is 0 Å². The largest absolute Gasteiger partial charge is 0.466 e. The second kappa shape index (κ2) is 65.9. The van der Waals surface area contributed by atoms with Crippen molar-refractivity contribution in [1.82, 2.24) is 26.2 Å². The molecular weight excluding hydrogens is 1130 g/mol. The number of terminal acetylenes is 3. The van der Waals surface area contributed by atoms with Crippen molar-refractivity contribution in [2.45, 2.75) is 70.8 Å². The van der Waals surface area contributed by atoms with Crippen LogP contribution in [0.1, 0.15) is 64.7 Å². The summed E-state index contributed by atoms with van der Waals surface area (Å²) in [5.74, 6) is 4.93. The highest BCUT2D eigenvalue weighted by atomic mass is 16.6. The van der Waals surface area contributed by atoms with Crippen molar-refractivity contribution >= 4 is 35.5 Å². The number of amides is 5. The fraction of sp³-hybridized carbons (Fsp3) is 0.797. The molecule has 0 bridgehead atoms. The first-order chi connectivity index (χ1) is 42.2. The summed E-state index contributed by atoms with van der Waals surface area (Å²) in [4.78, 5) is 79.4. The van der Waals surface area contributed by atoms with E-state index >= 15 is 0 Å². The summed E-state index contributed by atoms with van der Waals surface area (Å²) >= 11 is 0. The van der Waals surface area contributed by atoms with Gasteiger partial charge in [-0.05, 0) is 26.2 Å². The lowest BCUT2D eigenvalue weighted by Crippen LogP contribution is -2.48. The van der Waals surface area contributed by atoms with Crippen molar-refractivity contribution in [1.29, 1.82) is 0 Å². The number of hydrogen-bond donors (Lipinski definition) is 4. The molecule has 0 radical (unpaired) electrons. The van der Waals surface area contributed by atoms with E-state index in [1.165, 1.54) is 4.90 Å². The number of carbonyl (C=O) groups excluding carboxylic acids is 6. The number of rotatable bonds is 66. The molecule has 0 aliphatic heterocycles. The molecule has 0 aliphatic carbocycles. The fourth-order valence-corrected chi connectivity index (χ4v) is 6.83. The topological polar surface area (TPSA) is 301 Å². The SMILES string of the molecule is C#CCOCCOCCOCCOCCOCCC(=O)NCCN(CCNC(=O)CCOCCOCCOCCOCCOCC#C)C(=O)CC[C@H](NC(=O)CCOCCOCCOCCOCCOCC#C)C(=O)NCCCCCC(=O)OCC. The number of esters is 1. The molecule has 0 aromatic carbocycles. The highest BCUT2D eigenvalue weighted by molar-refractivity contribution is 5.88. The maximum absolute atomic E-state index is 13.9. The summed E-state index contributed by atoms with van der Waals surface area (Å²) < 4.78 is 86.1. The van der Waals surface area contributed by atoms with E-state index in [2.05, 4.69) is 39.0 Å². The van der Waals surface area contributed by atoms with Crippen molar-refractivity contribution in [3.05, 3.63) is 0 Å². The summed E-state index contributed by atoms with van der Waals surface area (Å²) in [6.45, 7) is 12.5. The Hall–Kier alpha value is -5.10. The van der Waals surface area contributed by atoms with E-state index in [1.54, 1.807) is 6.92 Å². The normalized spacial score (nSPS) is 11.3. The minimum Gasteiger partial charge on any atom is -0.466 e. The number of unbranched alkanes of at least 4 members (excludes halogenated alkanes) is 2. The molecule has 0 rings (SSSR count). The van der Waals surface area contributed by atoms with E-state index in [9.17, 15) is 28.8 Å². The predicted octanol–water partition coefficient (Wildman–Crippen LogP) is -0.129. The van der Waals surface area contributed by atoms with Gasteiger partial charge < -0.3 is 102 Å². The van der Waals surface area contributed by atoms with E-state index in [0.29, 0.717) is 158 Å². The molecule has 86 heavy (non-hydrogen) atoms. The Labute approximate surface area is 510 Å². The van der Waals surface area contributed by atoms with Crippen LogP contribution in [0.5, 0.6) is 0 Å². The third-order valence-corrected chi connectivity index (χ3v) is 11.2. The minimum absolute atomic E-state index is 0.0503. The third-order valence-electron chi connectivity index (χ3n) is 11.2. The zero-order valence-corrected chi connectivity index (χ0v) is 51.1. The quantitative estimate of drug-likeness (QED) is 0.0350. The number of nitrogens with zero attached hydrogens (tertiary/aromatic N) is 1. The van der Waals surface area contributed by atoms with Crippen LogP contribution in [0, 0.1) is 37.0 Å². The molecule has 4 N–H and O–H groups in total. The van der Waals surface area contributed by atoms with E-state index in [-0.39, 0.29) is 161 Å². The van der Waals surface area contributed by atoms with Gasteiger partial charge in [0.1, 0.15) is 25.9 Å². The maximum Gasteiger partial charge on any atom is 0.305 e. The van der Waals surface area contributed by atoms with Gasteiger partial charge in [-0.3, -0.25) is 28.8 Å². The maximum atomic E-state index is 13.9. The van der Waals surface area contributed by atoms with Crippen LogP contribution < -0.4 is 21.3 Å². The Morgan fingerprint density at radius 2 is 0.698 bits per heavy atom. The zero-order valence-electron chi connectivity index (χ0n) is 51.1. The molecule has 0 aromatic rings. The molecule has 27 nitrogen and oxygen atoms in total. The van der Waals surface area contributed by atoms with Gasteiger partial charge in [-0.1, -0.05) is 24.2 Å². The number of carbonyl (C=O) groups is 6. The van der Waals surface area contributed by atoms with Crippen LogP contribution >= 0.6 is 0 Å². The first-order valence-electron chi connectivity index (χ1n) is 29.7. The van der Waals surface area contributed by atoms with Crippen molar-refractivity contribution < 1.29 is 105 Å². The van der Waals surface area contributed by atoms with Gasteiger partial charge in [-0.15, -0.1) is 19.3 Å². The van der Waals surface area contributed by atoms with Crippen LogP contribution in [0.15, 0.2) is 0 Å². The predicted molar refractivity (Wildman–Crippen MR) is 315 cm³/mol. The Morgan fingerprint density at radius 1 is 0.372 bits per heavy atom. The molecule has 0 saturated carbocycles. The summed E-state index contributed by atoms with van der Waals surface area (Å²) in [5.41, 5.74) is 0. The van der Waals surface area contributed by atoms with Crippen LogP contribution in [-0.4, -0.2) is 284 Å². The molecule has 27 heteroatoms. The second-order valence-corrected chi connectivity index (χ2v) is 18.0. The molecule has 0 heterocycles. The number of nitrogens with one attached hydrogen (secondary N) is 4. The monoisotopic (exact) mass is 1230 g/mol. The summed E-state index contributed by atoms with van der Waals surface area (Å²) in [5, 5.41) is 11.2. The molecule has 5 amide bonds. The molecule has 0 saturated heterocycles. The fourth-order valence-electron chi connectivity index (χ4n) is 6.83. The first kappa shape index (κ1) is 80.9. The first-order valence-corrected chi connectivity index (χ1v) is 29.7. The van der Waals surface area contributed by atoms with Crippen LogP contribution in [0.4, 0.5) is 0 Å². The van der Waals surface area contributed by atoms with Gasteiger partial charge in [0.05, 0.1) is 185 Å². The minimum atomic E-state index is -1.08. The van der Waals surface area contributed by atoms with Gasteiger partial charge in [0, 0.05) is 64.8 Å². The average molecular weight is 1230 g/mol. The van der Waals surface area contributed by atoms with E-state index in [0.717, 1.165) is 0 Å². The summed E-state index contributed by atoms with van der Waals surface area (Å²) in [6, 6.07) is -1.08. The van der Waals surface area contributed by atoms with Crippen LogP contribution in [-0.2, 0) is 105 Å². The second-order valence-electron chi connectivity index (χ2n) is 18.0. The van der Waals surface area contributed by atoms with Crippen molar-refractivity contribution in [3.8, 4) is 37.0 Å². The van der Waals surface area contributed by atoms with E-state index < -0.39 is 17.9 Å². The smallest absolute Gasteiger partial charge is 0.305 e. The van der Waals surface area contributed by atoms with Gasteiger partial charge in [-0.2, -0.15) is 0 Å². The molecule has 0 aromatic heterocycles. The average Bonchev–Trinajstić information content (AvgIpc) is 3.67. The Bertz CT molecular complexity index is 1720. The van der Waals surface area contributed by atoms with Crippen molar-refractivity contribution in [2.75, 3.05) is 238 Å². The van der Waals surface area contributed by atoms with E-state index in [4.69, 9.17) is 95.1 Å². The molecule has 0 spiro atoms. The summed E-state index contributed by atoms with van der Waals surface area (Å²) in [7, 11) is 0. The van der Waals surface area contributed by atoms with Gasteiger partial charge in [0.15, 0.2) is 0 Å². The van der Waals surface area contributed by atoms with Gasteiger partial charge in [0.2, 0.25) is 29.5 Å². The lowest BCUT2D eigenvalue weighted by atomic mass is 10.1. The molecule has 494 valence electrons. The summed E-state index contributed by atoms with van der Waals surface area (Å²) in [6.07, 6.45) is 17.3. The van der Waals surface area contributed by atoms with Crippen molar-refractivity contribution in [2.24, 2.45) is 0 Å². The Balaban J connectivity index is 5.21. The van der Waals surface area contributed by atoms with Crippen molar-refractivity contribution in [3.63, 3.8) is 0 Å². The van der Waals surface area contributed by atoms with E-state index in [1.807, 2.05) is 0 Å². The Morgan fingerprint density at radius 3 is 1.03 bits per heavy atom. The number of hydrogen-bond acceptors (Lipinski definition) is 22. The van der Waals surface area contributed by atoms with Gasteiger partial charge in [0.25, 0.3) is 0 Å². The number of ether oxygens (including phenoxy) is 16. The van der Waals surface area contributed by atoms with Gasteiger partial charge >= 0.3 is 5.97 Å². The molecule has 1 atom stereocenters. The molecule has 0 unspecified atom stereocenters. The van der Waals surface area contributed by atoms with Crippen LogP contribution in [0.3, 0.4) is 0 Å². The lowest BCUT2D eigenvalue weighted by Gasteiger charge is -2.25. The standard InChI is InChI=1S/C59H101N5O22/c1-5-23-71-29-35-77-41-47-83-50-44-80-38-32-74-26-15-54(65)60-19-21-64(22-20-61-55(66)16-27-75-33-39-81-45-51-84-48-42-78-36-30-72-24-6-2)57(68)14-13-53(59(70)62-18-11-9-10-12-58(69)86-8-4)63-56(67)17-28-76-34-40-82-46-52-85-49-43-79-37-31-73-25-7-3/h1-3,53H,8-52H2,4H3,(H,60,65)(H,61,66)(H,62,70)(H,63,67)/t53-/m0/s1. The molecule has 0 aliphatic rings. The molecule has 0 fully saturated rings. The highest BCUT2D eigenvalue weighted by Crippen LogP contribution is 2.06.